The Morgan fingerprint density at radius 3 is 2.21 bits per heavy atom. The highest BCUT2D eigenvalue weighted by molar-refractivity contribution is 6.19. The Morgan fingerprint density at radius 2 is 1.64 bits per heavy atom. The molecular weight excluding hydrogens is 358 g/mol. The van der Waals surface area contributed by atoms with Crippen molar-refractivity contribution in [1.29, 1.82) is 0 Å². The lowest BCUT2D eigenvalue weighted by molar-refractivity contribution is 0.0933. The largest absolute Gasteiger partial charge is 0.490 e. The smallest absolute Gasteiger partial charge is 0.421 e. The van der Waals surface area contributed by atoms with Crippen LogP contribution in [0.3, 0.4) is 0 Å². The molecule has 0 saturated heterocycles. The van der Waals surface area contributed by atoms with Crippen molar-refractivity contribution in [2.45, 2.75) is 40.7 Å². The fourth-order valence-electron chi connectivity index (χ4n) is 2.71. The van der Waals surface area contributed by atoms with Gasteiger partial charge in [0.2, 0.25) is 0 Å². The Kier molecular flexibility index (Phi) is 7.44. The summed E-state index contributed by atoms with van der Waals surface area (Å²) in [6.45, 7) is 9.95. The molecule has 0 aliphatic rings. The fourth-order valence-corrected chi connectivity index (χ4v) is 2.71. The van der Waals surface area contributed by atoms with E-state index in [2.05, 4.69) is 0 Å². The van der Waals surface area contributed by atoms with Gasteiger partial charge < -0.3 is 14.2 Å². The number of rotatable bonds is 7. The predicted molar refractivity (Wildman–Crippen MR) is 108 cm³/mol. The van der Waals surface area contributed by atoms with E-state index in [0.717, 1.165) is 10.5 Å². The van der Waals surface area contributed by atoms with E-state index < -0.39 is 12.0 Å². The Hall–Kier alpha value is -3.02. The average molecular weight is 385 g/mol. The minimum Gasteiger partial charge on any atom is -0.490 e. The maximum atomic E-state index is 13.1. The van der Waals surface area contributed by atoms with Crippen LogP contribution in [0.1, 0.15) is 43.6 Å². The summed E-state index contributed by atoms with van der Waals surface area (Å²) in [4.78, 5) is 26.9. The van der Waals surface area contributed by atoms with E-state index in [1.165, 1.54) is 0 Å². The molecule has 0 aliphatic heterocycles. The highest BCUT2D eigenvalue weighted by Gasteiger charge is 2.28. The highest BCUT2D eigenvalue weighted by atomic mass is 16.6. The van der Waals surface area contributed by atoms with Gasteiger partial charge in [-0.1, -0.05) is 18.2 Å². The molecule has 150 valence electrons. The zero-order valence-corrected chi connectivity index (χ0v) is 17.0. The number of ether oxygens (including phenoxy) is 3. The number of carbonyl (C=O) groups is 2. The number of imide groups is 1. The van der Waals surface area contributed by atoms with E-state index in [1.54, 1.807) is 50.2 Å². The second kappa shape index (κ2) is 9.78. The third-order valence-electron chi connectivity index (χ3n) is 3.81. The summed E-state index contributed by atoms with van der Waals surface area (Å²) in [7, 11) is 0. The first-order chi connectivity index (χ1) is 13.4. The summed E-state index contributed by atoms with van der Waals surface area (Å²) in [6, 6.07) is 12.0. The summed E-state index contributed by atoms with van der Waals surface area (Å²) in [5.41, 5.74) is 1.50. The fraction of sp³-hybridized carbons (Fsp3) is 0.364. The maximum absolute atomic E-state index is 13.1. The number of benzene rings is 2. The van der Waals surface area contributed by atoms with Crippen molar-refractivity contribution in [3.8, 4) is 11.5 Å². The number of nitrogens with zero attached hydrogens (tertiary/aromatic N) is 1. The first kappa shape index (κ1) is 21.3. The summed E-state index contributed by atoms with van der Waals surface area (Å²) in [5, 5.41) is 0. The Bertz CT molecular complexity index is 817. The molecule has 0 atom stereocenters. The van der Waals surface area contributed by atoms with Crippen molar-refractivity contribution in [2.24, 2.45) is 0 Å². The molecule has 2 aromatic carbocycles. The topological polar surface area (TPSA) is 65.1 Å². The van der Waals surface area contributed by atoms with Crippen LogP contribution in [-0.4, -0.2) is 31.3 Å². The maximum Gasteiger partial charge on any atom is 0.421 e. The summed E-state index contributed by atoms with van der Waals surface area (Å²) < 4.78 is 16.7. The van der Waals surface area contributed by atoms with Gasteiger partial charge >= 0.3 is 6.09 Å². The van der Waals surface area contributed by atoms with Crippen molar-refractivity contribution in [2.75, 3.05) is 18.1 Å². The lowest BCUT2D eigenvalue weighted by Crippen LogP contribution is -2.38. The van der Waals surface area contributed by atoms with E-state index in [-0.39, 0.29) is 6.10 Å². The van der Waals surface area contributed by atoms with E-state index in [4.69, 9.17) is 14.2 Å². The molecule has 0 spiro atoms. The normalized spacial score (nSPS) is 10.5. The number of anilines is 1. The van der Waals surface area contributed by atoms with Gasteiger partial charge in [0.1, 0.15) is 0 Å². The monoisotopic (exact) mass is 385 g/mol. The van der Waals surface area contributed by atoms with Crippen LogP contribution in [0.15, 0.2) is 42.5 Å². The molecule has 0 saturated carbocycles. The molecule has 2 aromatic rings. The van der Waals surface area contributed by atoms with E-state index in [9.17, 15) is 9.59 Å². The quantitative estimate of drug-likeness (QED) is 0.672. The van der Waals surface area contributed by atoms with Crippen LogP contribution in [0.2, 0.25) is 0 Å². The van der Waals surface area contributed by atoms with Gasteiger partial charge in [0.05, 0.1) is 25.0 Å². The molecule has 0 bridgehead atoms. The molecule has 2 rings (SSSR count). The molecule has 0 aliphatic carbocycles. The summed E-state index contributed by atoms with van der Waals surface area (Å²) >= 11 is 0. The van der Waals surface area contributed by atoms with Crippen LogP contribution in [0, 0.1) is 6.92 Å². The number of carbonyl (C=O) groups excluding carboxylic acids is 2. The van der Waals surface area contributed by atoms with Gasteiger partial charge in [-0.05, 0) is 58.4 Å². The molecule has 0 aromatic heterocycles. The zero-order chi connectivity index (χ0) is 20.7. The van der Waals surface area contributed by atoms with Crippen LogP contribution < -0.4 is 14.4 Å². The van der Waals surface area contributed by atoms with Gasteiger partial charge in [-0.3, -0.25) is 4.79 Å². The number of hydrogen-bond acceptors (Lipinski definition) is 5. The molecule has 6 nitrogen and oxygen atoms in total. The number of hydrogen-bond donors (Lipinski definition) is 0. The standard InChI is InChI=1S/C22H27NO5/c1-6-26-19-14-18(13-16(5)20(19)27-7-2)23(22(25)28-15(3)4)21(24)17-11-9-8-10-12-17/h8-15H,6-7H2,1-5H3. The van der Waals surface area contributed by atoms with Crippen LogP contribution in [0.25, 0.3) is 0 Å². The third-order valence-corrected chi connectivity index (χ3v) is 3.81. The molecule has 28 heavy (non-hydrogen) atoms. The first-order valence-corrected chi connectivity index (χ1v) is 9.39. The minimum absolute atomic E-state index is 0.365. The molecule has 0 unspecified atom stereocenters. The third kappa shape index (κ3) is 5.03. The Morgan fingerprint density at radius 1 is 1.00 bits per heavy atom. The molecule has 0 heterocycles. The van der Waals surface area contributed by atoms with Crippen LogP contribution in [0.4, 0.5) is 10.5 Å². The molecular formula is C22H27NO5. The van der Waals surface area contributed by atoms with Crippen molar-refractivity contribution in [3.63, 3.8) is 0 Å². The number of amides is 2. The van der Waals surface area contributed by atoms with Crippen molar-refractivity contribution < 1.29 is 23.8 Å². The van der Waals surface area contributed by atoms with Gasteiger partial charge in [-0.2, -0.15) is 0 Å². The minimum atomic E-state index is -0.741. The zero-order valence-electron chi connectivity index (χ0n) is 17.0. The van der Waals surface area contributed by atoms with E-state index in [1.807, 2.05) is 26.8 Å². The van der Waals surface area contributed by atoms with Crippen molar-refractivity contribution >= 4 is 17.7 Å². The SMILES string of the molecule is CCOc1cc(N(C(=O)OC(C)C)C(=O)c2ccccc2)cc(C)c1OCC. The second-order valence-corrected chi connectivity index (χ2v) is 6.40. The van der Waals surface area contributed by atoms with Crippen molar-refractivity contribution in [1.82, 2.24) is 0 Å². The summed E-state index contributed by atoms with van der Waals surface area (Å²) in [5.74, 6) is 0.595. The Labute approximate surface area is 166 Å². The van der Waals surface area contributed by atoms with Gasteiger partial charge in [0.15, 0.2) is 11.5 Å². The molecule has 0 radical (unpaired) electrons. The molecule has 0 N–H and O–H groups in total. The predicted octanol–water partition coefficient (Wildman–Crippen LogP) is 4.98. The van der Waals surface area contributed by atoms with E-state index in [0.29, 0.717) is 36.0 Å². The number of aryl methyl sites for hydroxylation is 1. The highest BCUT2D eigenvalue weighted by Crippen LogP contribution is 2.36. The molecule has 6 heteroatoms. The summed E-state index contributed by atoms with van der Waals surface area (Å²) in [6.07, 6.45) is -1.11. The van der Waals surface area contributed by atoms with Crippen LogP contribution >= 0.6 is 0 Å². The van der Waals surface area contributed by atoms with Gasteiger partial charge in [-0.15, -0.1) is 0 Å². The second-order valence-electron chi connectivity index (χ2n) is 6.40. The average Bonchev–Trinajstić information content (AvgIpc) is 2.65. The van der Waals surface area contributed by atoms with Gasteiger partial charge in [0.25, 0.3) is 5.91 Å². The lowest BCUT2D eigenvalue weighted by Gasteiger charge is -2.24. The lowest BCUT2D eigenvalue weighted by atomic mass is 10.1. The molecule has 2 amide bonds. The van der Waals surface area contributed by atoms with Gasteiger partial charge in [-0.25, -0.2) is 9.69 Å². The molecule has 0 fully saturated rings. The van der Waals surface area contributed by atoms with Crippen LogP contribution in [0.5, 0.6) is 11.5 Å². The Balaban J connectivity index is 2.56. The van der Waals surface area contributed by atoms with Gasteiger partial charge in [0, 0.05) is 11.6 Å². The first-order valence-electron chi connectivity index (χ1n) is 9.39. The van der Waals surface area contributed by atoms with Crippen molar-refractivity contribution in [3.05, 3.63) is 53.6 Å². The van der Waals surface area contributed by atoms with E-state index >= 15 is 0 Å². The van der Waals surface area contributed by atoms with Crippen LogP contribution in [-0.2, 0) is 4.74 Å².